The van der Waals surface area contributed by atoms with E-state index in [1.807, 2.05) is 4.90 Å². The lowest BCUT2D eigenvalue weighted by Gasteiger charge is -2.39. The van der Waals surface area contributed by atoms with Crippen LogP contribution in [0.15, 0.2) is 35.3 Å². The van der Waals surface area contributed by atoms with Gasteiger partial charge in [0.2, 0.25) is 5.91 Å². The maximum atomic E-state index is 11.8. The smallest absolute Gasteiger partial charge is 0.222 e. The molecule has 180 valence electrons. The van der Waals surface area contributed by atoms with E-state index in [1.54, 1.807) is 0 Å². The Labute approximate surface area is 210 Å². The molecular formula is C24H40IN5O2. The van der Waals surface area contributed by atoms with Crippen molar-refractivity contribution in [3.05, 3.63) is 35.9 Å². The Kier molecular flexibility index (Phi) is 11.7. The number of nitrogens with zero attached hydrogens (tertiary/aromatic N) is 2. The lowest BCUT2D eigenvalue weighted by molar-refractivity contribution is -0.127. The SMILES string of the molecule is CCNC(=NCC1(NC(C)c2ccccc2)CCOCC1)NCCCN1CCCC1=O.I. The molecule has 3 rings (SSSR count). The van der Waals surface area contributed by atoms with Gasteiger partial charge < -0.3 is 25.6 Å². The van der Waals surface area contributed by atoms with Crippen LogP contribution in [-0.2, 0) is 9.53 Å². The largest absolute Gasteiger partial charge is 0.381 e. The van der Waals surface area contributed by atoms with Gasteiger partial charge in [-0.05, 0) is 45.1 Å². The summed E-state index contributed by atoms with van der Waals surface area (Å²) in [4.78, 5) is 18.7. The maximum Gasteiger partial charge on any atom is 0.222 e. The Morgan fingerprint density at radius 1 is 1.22 bits per heavy atom. The highest BCUT2D eigenvalue weighted by Crippen LogP contribution is 2.26. The van der Waals surface area contributed by atoms with E-state index in [4.69, 9.17) is 9.73 Å². The number of rotatable bonds is 10. The quantitative estimate of drug-likeness (QED) is 0.179. The molecule has 0 aliphatic carbocycles. The molecule has 7 nitrogen and oxygen atoms in total. The summed E-state index contributed by atoms with van der Waals surface area (Å²) in [5, 5.41) is 10.7. The molecule has 2 aliphatic rings. The Morgan fingerprint density at radius 2 is 1.97 bits per heavy atom. The number of halogens is 1. The number of amides is 1. The van der Waals surface area contributed by atoms with Crippen LogP contribution in [0.25, 0.3) is 0 Å². The van der Waals surface area contributed by atoms with Crippen LogP contribution in [0.1, 0.15) is 57.6 Å². The van der Waals surface area contributed by atoms with Crippen LogP contribution in [0.5, 0.6) is 0 Å². The van der Waals surface area contributed by atoms with E-state index in [9.17, 15) is 4.79 Å². The van der Waals surface area contributed by atoms with E-state index < -0.39 is 0 Å². The number of aliphatic imine (C=N–C) groups is 1. The van der Waals surface area contributed by atoms with Crippen molar-refractivity contribution in [3.63, 3.8) is 0 Å². The van der Waals surface area contributed by atoms with Gasteiger partial charge in [0, 0.05) is 57.4 Å². The number of hydrogen-bond acceptors (Lipinski definition) is 4. The number of ether oxygens (including phenoxy) is 1. The number of guanidine groups is 1. The number of hydrogen-bond donors (Lipinski definition) is 3. The van der Waals surface area contributed by atoms with Gasteiger partial charge in [0.25, 0.3) is 0 Å². The first-order valence-corrected chi connectivity index (χ1v) is 11.8. The molecule has 0 bridgehead atoms. The van der Waals surface area contributed by atoms with Gasteiger partial charge in [-0.2, -0.15) is 0 Å². The molecule has 1 aromatic rings. The minimum atomic E-state index is -0.0716. The summed E-state index contributed by atoms with van der Waals surface area (Å²) in [7, 11) is 0. The van der Waals surface area contributed by atoms with Crippen LogP contribution in [0.4, 0.5) is 0 Å². The summed E-state index contributed by atoms with van der Waals surface area (Å²) < 4.78 is 5.65. The van der Waals surface area contributed by atoms with E-state index in [0.29, 0.717) is 18.9 Å². The van der Waals surface area contributed by atoms with Crippen molar-refractivity contribution >= 4 is 35.8 Å². The molecule has 8 heteroatoms. The second-order valence-corrected chi connectivity index (χ2v) is 8.63. The molecular weight excluding hydrogens is 517 g/mol. The van der Waals surface area contributed by atoms with E-state index in [0.717, 1.165) is 71.0 Å². The molecule has 1 aromatic carbocycles. The highest BCUT2D eigenvalue weighted by atomic mass is 127. The number of benzene rings is 1. The van der Waals surface area contributed by atoms with Gasteiger partial charge in [-0.25, -0.2) is 0 Å². The van der Waals surface area contributed by atoms with E-state index in [-0.39, 0.29) is 35.6 Å². The summed E-state index contributed by atoms with van der Waals surface area (Å²) >= 11 is 0. The highest BCUT2D eigenvalue weighted by molar-refractivity contribution is 14.0. The minimum absolute atomic E-state index is 0. The lowest BCUT2D eigenvalue weighted by atomic mass is 9.88. The summed E-state index contributed by atoms with van der Waals surface area (Å²) in [5.74, 6) is 1.14. The fraction of sp³-hybridized carbons (Fsp3) is 0.667. The van der Waals surface area contributed by atoms with Crippen molar-refractivity contribution in [2.24, 2.45) is 4.99 Å². The number of likely N-dealkylation sites (tertiary alicyclic amines) is 1. The van der Waals surface area contributed by atoms with Crippen molar-refractivity contribution in [1.29, 1.82) is 0 Å². The fourth-order valence-electron chi connectivity index (χ4n) is 4.38. The Balaban J connectivity index is 0.00000363. The zero-order chi connectivity index (χ0) is 21.9. The van der Waals surface area contributed by atoms with Crippen molar-refractivity contribution in [2.45, 2.75) is 57.5 Å². The molecule has 3 N–H and O–H groups in total. The van der Waals surface area contributed by atoms with Gasteiger partial charge in [-0.15, -0.1) is 24.0 Å². The van der Waals surface area contributed by atoms with Gasteiger partial charge >= 0.3 is 0 Å². The van der Waals surface area contributed by atoms with Crippen molar-refractivity contribution in [3.8, 4) is 0 Å². The first-order chi connectivity index (χ1) is 15.1. The first kappa shape index (κ1) is 26.9. The molecule has 0 saturated carbocycles. The molecule has 1 unspecified atom stereocenters. The monoisotopic (exact) mass is 557 g/mol. The third kappa shape index (κ3) is 8.19. The Hall–Kier alpha value is -1.39. The van der Waals surface area contributed by atoms with Crippen LogP contribution >= 0.6 is 24.0 Å². The average molecular weight is 558 g/mol. The van der Waals surface area contributed by atoms with Gasteiger partial charge in [0.1, 0.15) is 0 Å². The molecule has 2 heterocycles. The molecule has 0 aromatic heterocycles. The van der Waals surface area contributed by atoms with E-state index in [2.05, 4.69) is 60.1 Å². The first-order valence-electron chi connectivity index (χ1n) is 11.8. The van der Waals surface area contributed by atoms with Crippen LogP contribution < -0.4 is 16.0 Å². The average Bonchev–Trinajstić information content (AvgIpc) is 3.21. The molecule has 1 atom stereocenters. The standard InChI is InChI=1S/C24H39N5O2.HI/c1-3-25-23(26-14-8-16-29-15-7-11-22(29)30)27-19-24(12-17-31-18-13-24)28-20(2)21-9-5-4-6-10-21;/h4-6,9-10,20,28H,3,7-8,11-19H2,1-2H3,(H2,25,26,27);1H. The topological polar surface area (TPSA) is 78.0 Å². The van der Waals surface area contributed by atoms with Crippen molar-refractivity contribution in [1.82, 2.24) is 20.9 Å². The molecule has 2 aliphatic heterocycles. The summed E-state index contributed by atoms with van der Waals surface area (Å²) in [5.41, 5.74) is 1.22. The number of carbonyl (C=O) groups is 1. The predicted molar refractivity (Wildman–Crippen MR) is 141 cm³/mol. The van der Waals surface area contributed by atoms with Gasteiger partial charge in [0.15, 0.2) is 5.96 Å². The summed E-state index contributed by atoms with van der Waals surface area (Å²) in [6.07, 6.45) is 4.53. The number of carbonyl (C=O) groups excluding carboxylic acids is 1. The van der Waals surface area contributed by atoms with Crippen LogP contribution in [0, 0.1) is 0 Å². The zero-order valence-electron chi connectivity index (χ0n) is 19.6. The molecule has 1 amide bonds. The van der Waals surface area contributed by atoms with Crippen molar-refractivity contribution < 1.29 is 9.53 Å². The van der Waals surface area contributed by atoms with Gasteiger partial charge in [0.05, 0.1) is 6.54 Å². The third-order valence-electron chi connectivity index (χ3n) is 6.22. The molecule has 0 radical (unpaired) electrons. The third-order valence-corrected chi connectivity index (χ3v) is 6.22. The van der Waals surface area contributed by atoms with Gasteiger partial charge in [-0.3, -0.25) is 9.79 Å². The Morgan fingerprint density at radius 3 is 2.62 bits per heavy atom. The normalized spacial score (nSPS) is 19.4. The minimum Gasteiger partial charge on any atom is -0.381 e. The zero-order valence-corrected chi connectivity index (χ0v) is 21.9. The lowest BCUT2D eigenvalue weighted by Crippen LogP contribution is -2.53. The summed E-state index contributed by atoms with van der Waals surface area (Å²) in [6, 6.07) is 10.8. The van der Waals surface area contributed by atoms with Gasteiger partial charge in [-0.1, -0.05) is 30.3 Å². The molecule has 0 spiro atoms. The second kappa shape index (κ2) is 14.0. The summed E-state index contributed by atoms with van der Waals surface area (Å²) in [6.45, 7) is 9.88. The van der Waals surface area contributed by atoms with Crippen LogP contribution in [-0.4, -0.2) is 68.2 Å². The molecule has 32 heavy (non-hydrogen) atoms. The second-order valence-electron chi connectivity index (χ2n) is 8.63. The molecule has 2 fully saturated rings. The highest BCUT2D eigenvalue weighted by Gasteiger charge is 2.34. The van der Waals surface area contributed by atoms with E-state index >= 15 is 0 Å². The predicted octanol–water partition coefficient (Wildman–Crippen LogP) is 3.07. The van der Waals surface area contributed by atoms with Crippen LogP contribution in [0.3, 0.4) is 0 Å². The van der Waals surface area contributed by atoms with Crippen LogP contribution in [0.2, 0.25) is 0 Å². The maximum absolute atomic E-state index is 11.8. The Bertz CT molecular complexity index is 710. The molecule has 2 saturated heterocycles. The van der Waals surface area contributed by atoms with E-state index in [1.165, 1.54) is 5.56 Å². The number of nitrogens with one attached hydrogen (secondary N) is 3. The fourth-order valence-corrected chi connectivity index (χ4v) is 4.38. The van der Waals surface area contributed by atoms with Crippen molar-refractivity contribution in [2.75, 3.05) is 45.9 Å².